The van der Waals surface area contributed by atoms with Gasteiger partial charge < -0.3 is 14.3 Å². The Kier molecular flexibility index (Phi) is 6.68. The Balaban J connectivity index is 1.65. The van der Waals surface area contributed by atoms with Crippen molar-refractivity contribution in [3.63, 3.8) is 0 Å². The zero-order valence-corrected chi connectivity index (χ0v) is 21.8. The second kappa shape index (κ2) is 9.70. The van der Waals surface area contributed by atoms with Crippen LogP contribution in [0.3, 0.4) is 0 Å². The topological polar surface area (TPSA) is 81.0 Å². The van der Waals surface area contributed by atoms with Gasteiger partial charge in [0.1, 0.15) is 17.7 Å². The first-order valence-corrected chi connectivity index (χ1v) is 12.7. The minimum absolute atomic E-state index is 0.0226. The molecule has 3 aromatic heterocycles. The molecule has 0 saturated heterocycles. The SMILES string of the molecule is CCN(CC)Cc1cc2c(C(F)(F)F)cn(-c3cccc(C4(c5nncn5C)CC(OC)C4)c3)c(=O)c2[nH]1. The van der Waals surface area contributed by atoms with Gasteiger partial charge >= 0.3 is 6.18 Å². The summed E-state index contributed by atoms with van der Waals surface area (Å²) in [6.45, 7) is 5.88. The van der Waals surface area contributed by atoms with Crippen LogP contribution in [0, 0.1) is 0 Å². The lowest BCUT2D eigenvalue weighted by Gasteiger charge is -2.46. The third-order valence-electron chi connectivity index (χ3n) is 7.75. The van der Waals surface area contributed by atoms with Crippen LogP contribution in [-0.2, 0) is 29.9 Å². The van der Waals surface area contributed by atoms with Gasteiger partial charge in [-0.25, -0.2) is 0 Å². The molecule has 4 aromatic rings. The van der Waals surface area contributed by atoms with Gasteiger partial charge in [-0.05, 0) is 49.7 Å². The van der Waals surface area contributed by atoms with E-state index in [9.17, 15) is 18.0 Å². The van der Waals surface area contributed by atoms with Crippen LogP contribution < -0.4 is 5.56 Å². The fraction of sp³-hybridized carbons (Fsp3) is 0.444. The highest BCUT2D eigenvalue weighted by Crippen LogP contribution is 2.49. The molecule has 11 heteroatoms. The van der Waals surface area contributed by atoms with Crippen LogP contribution in [0.4, 0.5) is 13.2 Å². The molecule has 1 aromatic carbocycles. The van der Waals surface area contributed by atoms with Gasteiger partial charge in [0.2, 0.25) is 0 Å². The van der Waals surface area contributed by atoms with E-state index in [2.05, 4.69) is 20.1 Å². The van der Waals surface area contributed by atoms with E-state index in [-0.39, 0.29) is 17.0 Å². The molecule has 1 fully saturated rings. The number of methoxy groups -OCH3 is 1. The minimum Gasteiger partial charge on any atom is -0.381 e. The van der Waals surface area contributed by atoms with Crippen molar-refractivity contribution in [2.45, 2.75) is 50.9 Å². The second-order valence-corrected chi connectivity index (χ2v) is 9.92. The molecule has 1 saturated carbocycles. The Labute approximate surface area is 218 Å². The first kappa shape index (κ1) is 26.2. The van der Waals surface area contributed by atoms with Gasteiger partial charge in [0.05, 0.1) is 17.1 Å². The number of benzene rings is 1. The standard InChI is InChI=1S/C27H31F3N6O2/c1-5-35(6-2)14-18-11-21-22(27(28,29)30)15-36(24(37)23(21)32-18)19-9-7-8-17(10-19)26(12-20(13-26)38-4)25-33-31-16-34(25)3/h7-11,15-16,20,32H,5-6,12-14H2,1-4H3. The van der Waals surface area contributed by atoms with E-state index in [1.165, 1.54) is 6.07 Å². The maximum absolute atomic E-state index is 14.2. The second-order valence-electron chi connectivity index (χ2n) is 9.92. The lowest BCUT2D eigenvalue weighted by Crippen LogP contribution is -2.48. The Morgan fingerprint density at radius 2 is 1.95 bits per heavy atom. The predicted molar refractivity (Wildman–Crippen MR) is 137 cm³/mol. The molecule has 0 aliphatic heterocycles. The summed E-state index contributed by atoms with van der Waals surface area (Å²) in [5.74, 6) is 0.743. The number of aromatic nitrogens is 5. The van der Waals surface area contributed by atoms with E-state index in [1.54, 1.807) is 31.6 Å². The van der Waals surface area contributed by atoms with Gasteiger partial charge in [-0.1, -0.05) is 26.0 Å². The summed E-state index contributed by atoms with van der Waals surface area (Å²) in [6, 6.07) is 8.53. The first-order chi connectivity index (χ1) is 18.1. The van der Waals surface area contributed by atoms with Gasteiger partial charge in [-0.3, -0.25) is 14.3 Å². The zero-order chi connectivity index (χ0) is 27.2. The molecular weight excluding hydrogens is 497 g/mol. The van der Waals surface area contributed by atoms with Crippen molar-refractivity contribution < 1.29 is 17.9 Å². The Morgan fingerprint density at radius 1 is 1.21 bits per heavy atom. The summed E-state index contributed by atoms with van der Waals surface area (Å²) >= 11 is 0. The number of aryl methyl sites for hydroxylation is 1. The molecule has 3 heterocycles. The molecule has 202 valence electrons. The molecule has 0 bridgehead atoms. The number of fused-ring (bicyclic) bond motifs is 1. The molecule has 0 amide bonds. The number of rotatable bonds is 8. The molecule has 38 heavy (non-hydrogen) atoms. The Bertz CT molecular complexity index is 1510. The van der Waals surface area contributed by atoms with Crippen LogP contribution in [0.2, 0.25) is 0 Å². The molecule has 1 aliphatic rings. The summed E-state index contributed by atoms with van der Waals surface area (Å²) in [6.07, 6.45) is -0.796. The molecule has 0 unspecified atom stereocenters. The smallest absolute Gasteiger partial charge is 0.381 e. The lowest BCUT2D eigenvalue weighted by atomic mass is 9.62. The van der Waals surface area contributed by atoms with Crippen molar-refractivity contribution in [3.05, 3.63) is 75.9 Å². The average molecular weight is 529 g/mol. The third kappa shape index (κ3) is 4.33. The van der Waals surface area contributed by atoms with Crippen molar-refractivity contribution in [1.29, 1.82) is 0 Å². The number of alkyl halides is 3. The molecule has 5 rings (SSSR count). The molecule has 8 nitrogen and oxygen atoms in total. The van der Waals surface area contributed by atoms with Gasteiger partial charge in [-0.15, -0.1) is 10.2 Å². The zero-order valence-electron chi connectivity index (χ0n) is 21.8. The highest BCUT2D eigenvalue weighted by Gasteiger charge is 2.50. The van der Waals surface area contributed by atoms with E-state index >= 15 is 0 Å². The van der Waals surface area contributed by atoms with Gasteiger partial charge in [0.25, 0.3) is 5.56 Å². The average Bonchev–Trinajstić information content (AvgIpc) is 3.48. The summed E-state index contributed by atoms with van der Waals surface area (Å²) in [4.78, 5) is 18.6. The normalized spacial score (nSPS) is 19.8. The summed E-state index contributed by atoms with van der Waals surface area (Å²) < 4.78 is 51.1. The first-order valence-electron chi connectivity index (χ1n) is 12.7. The Hall–Kier alpha value is -3.44. The number of hydrogen-bond acceptors (Lipinski definition) is 5. The largest absolute Gasteiger partial charge is 0.418 e. The van der Waals surface area contributed by atoms with Crippen LogP contribution in [0.1, 0.15) is 49.3 Å². The summed E-state index contributed by atoms with van der Waals surface area (Å²) in [5.41, 5.74) is -0.211. The van der Waals surface area contributed by atoms with Crippen LogP contribution in [0.25, 0.3) is 16.6 Å². The lowest BCUT2D eigenvalue weighted by molar-refractivity contribution is -0.136. The predicted octanol–water partition coefficient (Wildman–Crippen LogP) is 4.40. The van der Waals surface area contributed by atoms with Crippen molar-refractivity contribution in [1.82, 2.24) is 29.2 Å². The van der Waals surface area contributed by atoms with E-state index in [4.69, 9.17) is 4.74 Å². The van der Waals surface area contributed by atoms with Crippen LogP contribution in [0.15, 0.2) is 47.7 Å². The van der Waals surface area contributed by atoms with Crippen LogP contribution in [0.5, 0.6) is 0 Å². The molecule has 1 aliphatic carbocycles. The quantitative estimate of drug-likeness (QED) is 0.367. The number of ether oxygens (including phenoxy) is 1. The number of nitrogens with zero attached hydrogens (tertiary/aromatic N) is 5. The maximum atomic E-state index is 14.2. The summed E-state index contributed by atoms with van der Waals surface area (Å²) in [5, 5.41) is 8.25. The number of pyridine rings is 1. The van der Waals surface area contributed by atoms with Crippen molar-refractivity contribution in [2.24, 2.45) is 7.05 Å². The van der Waals surface area contributed by atoms with Crippen molar-refractivity contribution >= 4 is 10.9 Å². The highest BCUT2D eigenvalue weighted by atomic mass is 19.4. The number of aromatic amines is 1. The molecule has 0 atom stereocenters. The number of H-pyrrole nitrogens is 1. The number of halogens is 3. The number of nitrogens with one attached hydrogen (secondary N) is 1. The van der Waals surface area contributed by atoms with E-state index < -0.39 is 22.7 Å². The van der Waals surface area contributed by atoms with Crippen LogP contribution in [-0.4, -0.2) is 55.5 Å². The van der Waals surface area contributed by atoms with E-state index in [0.29, 0.717) is 30.8 Å². The van der Waals surface area contributed by atoms with Gasteiger partial charge in [0, 0.05) is 43.7 Å². The van der Waals surface area contributed by atoms with Crippen LogP contribution >= 0.6 is 0 Å². The van der Waals surface area contributed by atoms with E-state index in [1.807, 2.05) is 31.5 Å². The monoisotopic (exact) mass is 528 g/mol. The molecule has 0 radical (unpaired) electrons. The molecular formula is C27H31F3N6O2. The summed E-state index contributed by atoms with van der Waals surface area (Å²) in [7, 11) is 3.51. The fourth-order valence-electron chi connectivity index (χ4n) is 5.56. The van der Waals surface area contributed by atoms with Crippen molar-refractivity contribution in [3.8, 4) is 5.69 Å². The van der Waals surface area contributed by atoms with Gasteiger partial charge in [0.15, 0.2) is 0 Å². The highest BCUT2D eigenvalue weighted by molar-refractivity contribution is 5.84. The van der Waals surface area contributed by atoms with Gasteiger partial charge in [-0.2, -0.15) is 13.2 Å². The minimum atomic E-state index is -4.64. The fourth-order valence-corrected chi connectivity index (χ4v) is 5.56. The molecule has 0 spiro atoms. The van der Waals surface area contributed by atoms with E-state index in [0.717, 1.165) is 35.2 Å². The Morgan fingerprint density at radius 3 is 2.55 bits per heavy atom. The van der Waals surface area contributed by atoms with Crippen molar-refractivity contribution in [2.75, 3.05) is 20.2 Å². The maximum Gasteiger partial charge on any atom is 0.418 e. The number of hydrogen-bond donors (Lipinski definition) is 1. The third-order valence-corrected chi connectivity index (χ3v) is 7.75. The molecule has 1 N–H and O–H groups in total.